The largest absolute Gasteiger partial charge is 0.310 e. The molecule has 2 aromatic rings. The molecule has 0 aliphatic rings. The fourth-order valence-corrected chi connectivity index (χ4v) is 2.59. The molecule has 1 aromatic heterocycles. The Hall–Kier alpha value is -1.32. The van der Waals surface area contributed by atoms with Crippen molar-refractivity contribution in [2.75, 3.05) is 6.54 Å². The van der Waals surface area contributed by atoms with Crippen molar-refractivity contribution in [3.8, 4) is 0 Å². The average molecular weight is 258 g/mol. The molecule has 0 aliphatic carbocycles. The number of rotatable bonds is 5. The molecule has 0 bridgehead atoms. The third-order valence-corrected chi connectivity index (χ3v) is 3.79. The molecular weight excluding hydrogens is 240 g/mol. The van der Waals surface area contributed by atoms with E-state index in [0.717, 1.165) is 6.54 Å². The third kappa shape index (κ3) is 3.59. The summed E-state index contributed by atoms with van der Waals surface area (Å²) < 4.78 is 0. The van der Waals surface area contributed by atoms with Gasteiger partial charge < -0.3 is 5.32 Å². The quantitative estimate of drug-likeness (QED) is 0.880. The van der Waals surface area contributed by atoms with Gasteiger partial charge in [0.1, 0.15) is 0 Å². The van der Waals surface area contributed by atoms with Gasteiger partial charge in [0.05, 0.1) is 0 Å². The fourth-order valence-electron chi connectivity index (χ4n) is 1.79. The van der Waals surface area contributed by atoms with Crippen LogP contribution in [0.1, 0.15) is 25.5 Å². The molecule has 0 saturated carbocycles. The maximum Gasteiger partial charge on any atom is 0.0291 e. The third-order valence-electron chi connectivity index (χ3n) is 2.78. The summed E-state index contributed by atoms with van der Waals surface area (Å²) in [4.78, 5) is 6.50. The zero-order valence-electron chi connectivity index (χ0n) is 10.8. The van der Waals surface area contributed by atoms with Crippen LogP contribution in [0.15, 0.2) is 58.6 Å². The van der Waals surface area contributed by atoms with E-state index in [0.29, 0.717) is 6.04 Å². The van der Waals surface area contributed by atoms with Gasteiger partial charge in [0.15, 0.2) is 0 Å². The van der Waals surface area contributed by atoms with Gasteiger partial charge in [0.25, 0.3) is 0 Å². The van der Waals surface area contributed by atoms with Gasteiger partial charge in [-0.1, -0.05) is 30.8 Å². The van der Waals surface area contributed by atoms with Crippen LogP contribution < -0.4 is 5.32 Å². The minimum atomic E-state index is 0.412. The maximum absolute atomic E-state index is 4.02. The van der Waals surface area contributed by atoms with Crippen LogP contribution in [0.25, 0.3) is 0 Å². The Bertz CT molecular complexity index is 468. The zero-order chi connectivity index (χ0) is 12.8. The highest BCUT2D eigenvalue weighted by atomic mass is 32.2. The first-order valence-corrected chi connectivity index (χ1v) is 7.02. The molecule has 1 N–H and O–H groups in total. The fraction of sp³-hybridized carbons (Fsp3) is 0.267. The van der Waals surface area contributed by atoms with Crippen LogP contribution in [-0.2, 0) is 0 Å². The Morgan fingerprint density at radius 2 is 1.67 bits per heavy atom. The van der Waals surface area contributed by atoms with E-state index in [1.54, 1.807) is 11.8 Å². The van der Waals surface area contributed by atoms with Crippen LogP contribution >= 0.6 is 11.8 Å². The molecular formula is C15H18N2S. The van der Waals surface area contributed by atoms with Gasteiger partial charge >= 0.3 is 0 Å². The summed E-state index contributed by atoms with van der Waals surface area (Å²) in [5.74, 6) is 0. The highest BCUT2D eigenvalue weighted by Gasteiger charge is 2.03. The van der Waals surface area contributed by atoms with Crippen LogP contribution in [0.2, 0.25) is 0 Å². The van der Waals surface area contributed by atoms with Crippen LogP contribution in [0.4, 0.5) is 0 Å². The summed E-state index contributed by atoms with van der Waals surface area (Å²) in [5.41, 5.74) is 1.33. The predicted octanol–water partition coefficient (Wildman–Crippen LogP) is 3.90. The molecule has 2 nitrogen and oxygen atoms in total. The van der Waals surface area contributed by atoms with Gasteiger partial charge in [-0.3, -0.25) is 4.98 Å². The van der Waals surface area contributed by atoms with Crippen molar-refractivity contribution in [2.24, 2.45) is 0 Å². The number of nitrogens with zero attached hydrogens (tertiary/aromatic N) is 1. The predicted molar refractivity (Wildman–Crippen MR) is 76.9 cm³/mol. The number of benzene rings is 1. The molecule has 18 heavy (non-hydrogen) atoms. The van der Waals surface area contributed by atoms with E-state index in [4.69, 9.17) is 0 Å². The van der Waals surface area contributed by atoms with Crippen LogP contribution in [0, 0.1) is 0 Å². The second-order valence-corrected chi connectivity index (χ2v) is 5.28. The summed E-state index contributed by atoms with van der Waals surface area (Å²) in [6, 6.07) is 13.2. The van der Waals surface area contributed by atoms with Crippen molar-refractivity contribution in [1.82, 2.24) is 10.3 Å². The lowest BCUT2D eigenvalue weighted by Gasteiger charge is -2.13. The van der Waals surface area contributed by atoms with Gasteiger partial charge in [-0.15, -0.1) is 0 Å². The molecule has 0 radical (unpaired) electrons. The Morgan fingerprint density at radius 3 is 2.28 bits per heavy atom. The summed E-state index contributed by atoms with van der Waals surface area (Å²) in [6.45, 7) is 5.31. The maximum atomic E-state index is 4.02. The van der Waals surface area contributed by atoms with E-state index >= 15 is 0 Å². The Labute approximate surface area is 113 Å². The normalized spacial score (nSPS) is 12.3. The molecule has 94 valence electrons. The molecule has 0 aliphatic heterocycles. The van der Waals surface area contributed by atoms with E-state index in [9.17, 15) is 0 Å². The van der Waals surface area contributed by atoms with Crippen molar-refractivity contribution in [2.45, 2.75) is 29.7 Å². The molecule has 0 amide bonds. The lowest BCUT2D eigenvalue weighted by Crippen LogP contribution is -2.17. The average Bonchev–Trinajstić information content (AvgIpc) is 2.41. The van der Waals surface area contributed by atoms with E-state index in [1.807, 2.05) is 24.5 Å². The van der Waals surface area contributed by atoms with Gasteiger partial charge in [0, 0.05) is 28.2 Å². The zero-order valence-corrected chi connectivity index (χ0v) is 11.6. The van der Waals surface area contributed by atoms with Crippen molar-refractivity contribution in [3.63, 3.8) is 0 Å². The topological polar surface area (TPSA) is 24.9 Å². The van der Waals surface area contributed by atoms with E-state index in [-0.39, 0.29) is 0 Å². The number of hydrogen-bond acceptors (Lipinski definition) is 3. The Morgan fingerprint density at radius 1 is 1.06 bits per heavy atom. The monoisotopic (exact) mass is 258 g/mol. The second-order valence-electron chi connectivity index (χ2n) is 4.13. The summed E-state index contributed by atoms with van der Waals surface area (Å²) in [6.07, 6.45) is 3.65. The molecule has 1 heterocycles. The minimum Gasteiger partial charge on any atom is -0.310 e. The number of nitrogens with one attached hydrogen (secondary N) is 1. The van der Waals surface area contributed by atoms with Crippen molar-refractivity contribution < 1.29 is 0 Å². The highest BCUT2D eigenvalue weighted by Crippen LogP contribution is 2.27. The van der Waals surface area contributed by atoms with Gasteiger partial charge in [-0.2, -0.15) is 0 Å². The first-order chi connectivity index (χ1) is 8.79. The van der Waals surface area contributed by atoms with E-state index in [2.05, 4.69) is 48.4 Å². The van der Waals surface area contributed by atoms with Crippen molar-refractivity contribution in [1.29, 1.82) is 0 Å². The number of hydrogen-bond donors (Lipinski definition) is 1. The molecule has 0 fully saturated rings. The second kappa shape index (κ2) is 6.57. The summed E-state index contributed by atoms with van der Waals surface area (Å²) in [7, 11) is 0. The van der Waals surface area contributed by atoms with Crippen LogP contribution in [-0.4, -0.2) is 11.5 Å². The van der Waals surface area contributed by atoms with Crippen LogP contribution in [0.3, 0.4) is 0 Å². The van der Waals surface area contributed by atoms with Gasteiger partial charge in [-0.25, -0.2) is 0 Å². The molecule has 2 rings (SSSR count). The van der Waals surface area contributed by atoms with Crippen molar-refractivity contribution >= 4 is 11.8 Å². The Kier molecular flexibility index (Phi) is 4.79. The smallest absolute Gasteiger partial charge is 0.0291 e. The highest BCUT2D eigenvalue weighted by molar-refractivity contribution is 7.99. The van der Waals surface area contributed by atoms with Crippen LogP contribution in [0.5, 0.6) is 0 Å². The molecule has 3 heteroatoms. The SMILES string of the molecule is CCNC(C)c1ccc(Sc2ccncc2)cc1. The standard InChI is InChI=1S/C15H18N2S/c1-3-17-12(2)13-4-6-14(7-5-13)18-15-8-10-16-11-9-15/h4-12,17H,3H2,1-2H3. The van der Waals surface area contributed by atoms with E-state index in [1.165, 1.54) is 15.4 Å². The minimum absolute atomic E-state index is 0.412. The molecule has 1 aromatic carbocycles. The first kappa shape index (κ1) is 13.1. The van der Waals surface area contributed by atoms with E-state index < -0.39 is 0 Å². The van der Waals surface area contributed by atoms with Gasteiger partial charge in [0.2, 0.25) is 0 Å². The Balaban J connectivity index is 2.04. The van der Waals surface area contributed by atoms with Gasteiger partial charge in [-0.05, 0) is 43.3 Å². The number of pyridine rings is 1. The molecule has 0 saturated heterocycles. The summed E-state index contributed by atoms with van der Waals surface area (Å²) in [5, 5.41) is 3.42. The summed E-state index contributed by atoms with van der Waals surface area (Å²) >= 11 is 1.76. The molecule has 0 spiro atoms. The molecule has 1 atom stereocenters. The first-order valence-electron chi connectivity index (χ1n) is 6.21. The lowest BCUT2D eigenvalue weighted by molar-refractivity contribution is 0.598. The lowest BCUT2D eigenvalue weighted by atomic mass is 10.1. The number of aromatic nitrogens is 1. The molecule has 1 unspecified atom stereocenters. The van der Waals surface area contributed by atoms with Crippen molar-refractivity contribution in [3.05, 3.63) is 54.4 Å².